The van der Waals surface area contributed by atoms with Gasteiger partial charge < -0.3 is 9.72 Å². The smallest absolute Gasteiger partial charge is 0.195 e. The number of rotatable bonds is 3. The molecule has 0 saturated carbocycles. The second kappa shape index (κ2) is 5.67. The number of H-pyrrole nitrogens is 1. The van der Waals surface area contributed by atoms with Crippen molar-refractivity contribution in [3.05, 3.63) is 63.3 Å². The van der Waals surface area contributed by atoms with E-state index in [1.165, 1.54) is 0 Å². The van der Waals surface area contributed by atoms with Gasteiger partial charge >= 0.3 is 0 Å². The Bertz CT molecular complexity index is 866. The summed E-state index contributed by atoms with van der Waals surface area (Å²) < 4.78 is 5.11. The van der Waals surface area contributed by atoms with Crippen LogP contribution in [-0.4, -0.2) is 17.9 Å². The maximum atomic E-state index is 12.8. The van der Waals surface area contributed by atoms with E-state index in [0.717, 1.165) is 11.1 Å². The largest absolute Gasteiger partial charge is 0.497 e. The molecule has 0 amide bonds. The van der Waals surface area contributed by atoms with E-state index in [1.54, 1.807) is 37.4 Å². The van der Waals surface area contributed by atoms with Gasteiger partial charge in [0.1, 0.15) is 5.75 Å². The Morgan fingerprint density at radius 1 is 1.09 bits per heavy atom. The number of benzene rings is 2. The molecular formula is C17H13Cl2NO2. The maximum absolute atomic E-state index is 12.8. The second-order valence-electron chi connectivity index (χ2n) is 4.97. The predicted octanol–water partition coefficient (Wildman–Crippen LogP) is 5.02. The molecule has 0 unspecified atom stereocenters. The molecule has 0 aliphatic heterocycles. The Morgan fingerprint density at radius 3 is 2.41 bits per heavy atom. The number of ether oxygens (including phenoxy) is 1. The Balaban J connectivity index is 2.14. The molecule has 0 atom stereocenters. The Morgan fingerprint density at radius 2 is 1.77 bits per heavy atom. The van der Waals surface area contributed by atoms with Crippen LogP contribution in [0.4, 0.5) is 0 Å². The van der Waals surface area contributed by atoms with Gasteiger partial charge in [0.15, 0.2) is 5.78 Å². The van der Waals surface area contributed by atoms with Crippen molar-refractivity contribution in [3.63, 3.8) is 0 Å². The topological polar surface area (TPSA) is 42.1 Å². The fourth-order valence-electron chi connectivity index (χ4n) is 2.51. The minimum absolute atomic E-state index is 0.0650. The van der Waals surface area contributed by atoms with Crippen LogP contribution in [0, 0.1) is 6.92 Å². The molecule has 112 valence electrons. The van der Waals surface area contributed by atoms with Crippen molar-refractivity contribution in [1.29, 1.82) is 0 Å². The molecular weight excluding hydrogens is 321 g/mol. The lowest BCUT2D eigenvalue weighted by Crippen LogP contribution is -2.02. The number of aromatic amines is 1. The van der Waals surface area contributed by atoms with E-state index in [0.29, 0.717) is 32.4 Å². The van der Waals surface area contributed by atoms with Crippen LogP contribution in [0.5, 0.6) is 5.75 Å². The molecule has 2 aromatic carbocycles. The number of ketones is 1. The van der Waals surface area contributed by atoms with Gasteiger partial charge in [-0.2, -0.15) is 0 Å². The van der Waals surface area contributed by atoms with Crippen molar-refractivity contribution in [2.75, 3.05) is 7.11 Å². The average molecular weight is 334 g/mol. The first-order valence-corrected chi connectivity index (χ1v) is 7.43. The van der Waals surface area contributed by atoms with Gasteiger partial charge in [-0.05, 0) is 37.3 Å². The third-order valence-electron chi connectivity index (χ3n) is 3.63. The van der Waals surface area contributed by atoms with Gasteiger partial charge in [-0.3, -0.25) is 4.79 Å². The summed E-state index contributed by atoms with van der Waals surface area (Å²) in [6.45, 7) is 1.85. The lowest BCUT2D eigenvalue weighted by Gasteiger charge is -2.04. The summed E-state index contributed by atoms with van der Waals surface area (Å²) >= 11 is 12.2. The minimum Gasteiger partial charge on any atom is -0.497 e. The zero-order valence-corrected chi connectivity index (χ0v) is 13.5. The molecule has 0 saturated heterocycles. The first kappa shape index (κ1) is 14.9. The van der Waals surface area contributed by atoms with E-state index in [9.17, 15) is 4.79 Å². The van der Waals surface area contributed by atoms with Gasteiger partial charge in [-0.1, -0.05) is 29.3 Å². The zero-order valence-electron chi connectivity index (χ0n) is 12.0. The second-order valence-corrected chi connectivity index (χ2v) is 5.75. The number of hydrogen-bond donors (Lipinski definition) is 1. The molecule has 3 aromatic rings. The molecule has 0 spiro atoms. The summed E-state index contributed by atoms with van der Waals surface area (Å²) in [7, 11) is 1.59. The molecule has 22 heavy (non-hydrogen) atoms. The summed E-state index contributed by atoms with van der Waals surface area (Å²) in [5, 5.41) is 1.66. The van der Waals surface area contributed by atoms with Crippen LogP contribution >= 0.6 is 23.2 Å². The summed E-state index contributed by atoms with van der Waals surface area (Å²) in [6, 6.07) is 10.5. The minimum atomic E-state index is -0.0650. The standard InChI is InChI=1S/C17H13Cl2NO2/c1-9-14(12-7-8-13(18)15(19)16(12)20-9)17(21)10-3-5-11(22-2)6-4-10/h3-8,20H,1-2H3. The highest BCUT2D eigenvalue weighted by Crippen LogP contribution is 2.34. The van der Waals surface area contributed by atoms with E-state index in [4.69, 9.17) is 27.9 Å². The molecule has 0 radical (unpaired) electrons. The van der Waals surface area contributed by atoms with E-state index in [1.807, 2.05) is 13.0 Å². The number of halogens is 2. The van der Waals surface area contributed by atoms with Crippen LogP contribution in [0.15, 0.2) is 36.4 Å². The summed E-state index contributed by atoms with van der Waals surface area (Å²) in [6.07, 6.45) is 0. The molecule has 1 aromatic heterocycles. The van der Waals surface area contributed by atoms with Crippen LogP contribution in [0.1, 0.15) is 21.6 Å². The molecule has 5 heteroatoms. The molecule has 1 heterocycles. The third-order valence-corrected chi connectivity index (χ3v) is 4.44. The molecule has 0 fully saturated rings. The summed E-state index contributed by atoms with van der Waals surface area (Å²) in [5.74, 6) is 0.645. The molecule has 0 bridgehead atoms. The zero-order chi connectivity index (χ0) is 15.9. The van der Waals surface area contributed by atoms with Gasteiger partial charge in [-0.15, -0.1) is 0 Å². The lowest BCUT2D eigenvalue weighted by molar-refractivity contribution is 0.103. The van der Waals surface area contributed by atoms with Gasteiger partial charge in [0, 0.05) is 16.6 Å². The number of fused-ring (bicyclic) bond motifs is 1. The van der Waals surface area contributed by atoms with Crippen molar-refractivity contribution < 1.29 is 9.53 Å². The van der Waals surface area contributed by atoms with Crippen LogP contribution < -0.4 is 4.74 Å². The molecule has 3 nitrogen and oxygen atoms in total. The van der Waals surface area contributed by atoms with Crippen molar-refractivity contribution >= 4 is 39.9 Å². The highest BCUT2D eigenvalue weighted by atomic mass is 35.5. The Hall–Kier alpha value is -1.97. The Kier molecular flexibility index (Phi) is 3.85. The SMILES string of the molecule is COc1ccc(C(=O)c2c(C)[nH]c3c(Cl)c(Cl)ccc23)cc1. The number of carbonyl (C=O) groups is 1. The summed E-state index contributed by atoms with van der Waals surface area (Å²) in [5.41, 5.74) is 2.65. The molecule has 1 N–H and O–H groups in total. The van der Waals surface area contributed by atoms with E-state index in [2.05, 4.69) is 4.98 Å². The highest BCUT2D eigenvalue weighted by molar-refractivity contribution is 6.45. The molecule has 3 rings (SSSR count). The van der Waals surface area contributed by atoms with Gasteiger partial charge in [0.05, 0.1) is 28.2 Å². The Labute approximate surface area is 137 Å². The highest BCUT2D eigenvalue weighted by Gasteiger charge is 2.19. The monoisotopic (exact) mass is 333 g/mol. The van der Waals surface area contributed by atoms with E-state index >= 15 is 0 Å². The van der Waals surface area contributed by atoms with E-state index in [-0.39, 0.29) is 5.78 Å². The van der Waals surface area contributed by atoms with Gasteiger partial charge in [0.2, 0.25) is 0 Å². The van der Waals surface area contributed by atoms with Crippen LogP contribution in [-0.2, 0) is 0 Å². The average Bonchev–Trinajstić information content (AvgIpc) is 2.87. The van der Waals surface area contributed by atoms with E-state index < -0.39 is 0 Å². The van der Waals surface area contributed by atoms with Crippen LogP contribution in [0.3, 0.4) is 0 Å². The first-order chi connectivity index (χ1) is 10.5. The van der Waals surface area contributed by atoms with Crippen molar-refractivity contribution in [2.24, 2.45) is 0 Å². The van der Waals surface area contributed by atoms with Crippen molar-refractivity contribution in [3.8, 4) is 5.75 Å². The van der Waals surface area contributed by atoms with Gasteiger partial charge in [-0.25, -0.2) is 0 Å². The number of hydrogen-bond acceptors (Lipinski definition) is 2. The quantitative estimate of drug-likeness (QED) is 0.683. The lowest BCUT2D eigenvalue weighted by atomic mass is 10.0. The van der Waals surface area contributed by atoms with Crippen molar-refractivity contribution in [2.45, 2.75) is 6.92 Å². The normalized spacial score (nSPS) is 10.9. The first-order valence-electron chi connectivity index (χ1n) is 6.68. The maximum Gasteiger partial charge on any atom is 0.195 e. The van der Waals surface area contributed by atoms with Crippen molar-refractivity contribution in [1.82, 2.24) is 4.98 Å². The summed E-state index contributed by atoms with van der Waals surface area (Å²) in [4.78, 5) is 15.9. The molecule has 0 aliphatic rings. The predicted molar refractivity (Wildman–Crippen MR) is 89.5 cm³/mol. The van der Waals surface area contributed by atoms with Crippen LogP contribution in [0.25, 0.3) is 10.9 Å². The molecule has 0 aliphatic carbocycles. The number of carbonyl (C=O) groups excluding carboxylic acids is 1. The van der Waals surface area contributed by atoms with Gasteiger partial charge in [0.25, 0.3) is 0 Å². The number of aromatic nitrogens is 1. The van der Waals surface area contributed by atoms with Crippen LogP contribution in [0.2, 0.25) is 10.0 Å². The number of methoxy groups -OCH3 is 1. The number of aryl methyl sites for hydroxylation is 1. The number of nitrogens with one attached hydrogen (secondary N) is 1. The third kappa shape index (κ3) is 2.36. The fourth-order valence-corrected chi connectivity index (χ4v) is 2.88. The fraction of sp³-hybridized carbons (Fsp3) is 0.118.